The van der Waals surface area contributed by atoms with Crippen LogP contribution in [-0.2, 0) is 15.6 Å². The normalized spacial score (nSPS) is 14.3. The topological polar surface area (TPSA) is 26.3 Å². The van der Waals surface area contributed by atoms with Crippen LogP contribution in [0, 0.1) is 0 Å². The van der Waals surface area contributed by atoms with Crippen molar-refractivity contribution in [3.05, 3.63) is 0 Å². The summed E-state index contributed by atoms with van der Waals surface area (Å²) < 4.78 is 24.1. The van der Waals surface area contributed by atoms with Crippen molar-refractivity contribution in [2.45, 2.75) is 6.92 Å². The van der Waals surface area contributed by atoms with Gasteiger partial charge in [0.05, 0.1) is 6.61 Å². The van der Waals surface area contributed by atoms with E-state index in [0.29, 0.717) is 0 Å². The monoisotopic (exact) mass is 112 g/mol. The van der Waals surface area contributed by atoms with Crippen molar-refractivity contribution in [3.63, 3.8) is 0 Å². The van der Waals surface area contributed by atoms with Crippen LogP contribution in [-0.4, -0.2) is 10.8 Å². The molecule has 0 bridgehead atoms. The van der Waals surface area contributed by atoms with Gasteiger partial charge in [-0.3, -0.25) is 4.18 Å². The van der Waals surface area contributed by atoms with Crippen LogP contribution in [0.3, 0.4) is 0 Å². The third kappa shape index (κ3) is 4.04. The van der Waals surface area contributed by atoms with Crippen LogP contribution in [0.1, 0.15) is 6.92 Å². The van der Waals surface area contributed by atoms with Crippen LogP contribution in [0.2, 0.25) is 0 Å². The summed E-state index contributed by atoms with van der Waals surface area (Å²) in [6, 6.07) is 0. The van der Waals surface area contributed by atoms with E-state index >= 15 is 0 Å². The van der Waals surface area contributed by atoms with Gasteiger partial charge in [0, 0.05) is 0 Å². The van der Waals surface area contributed by atoms with Crippen molar-refractivity contribution in [1.82, 2.24) is 0 Å². The molecule has 0 saturated heterocycles. The van der Waals surface area contributed by atoms with Gasteiger partial charge in [-0.15, -0.1) is 3.89 Å². The first-order valence-corrected chi connectivity index (χ1v) is 2.46. The van der Waals surface area contributed by atoms with Crippen LogP contribution in [0.4, 0.5) is 3.89 Å². The predicted octanol–water partition coefficient (Wildman–Crippen LogP) is 0.571. The molecule has 0 rings (SSSR count). The van der Waals surface area contributed by atoms with Gasteiger partial charge in [-0.25, -0.2) is 0 Å². The lowest BCUT2D eigenvalue weighted by Gasteiger charge is -1.81. The third-order valence-corrected chi connectivity index (χ3v) is 0.632. The maximum atomic E-state index is 11.0. The molecule has 0 aliphatic rings. The molecule has 0 heterocycles. The summed E-state index contributed by atoms with van der Waals surface area (Å²) >= 11 is -2.57. The van der Waals surface area contributed by atoms with Gasteiger partial charge < -0.3 is 0 Å². The Kier molecular flexibility index (Phi) is 3.26. The lowest BCUT2D eigenvalue weighted by atomic mass is 10.9. The van der Waals surface area contributed by atoms with Crippen LogP contribution >= 0.6 is 0 Å². The molecular formula is C2H5FO2S. The van der Waals surface area contributed by atoms with Crippen molar-refractivity contribution >= 4 is 11.5 Å². The van der Waals surface area contributed by atoms with Crippen molar-refractivity contribution in [2.75, 3.05) is 6.61 Å². The molecule has 0 aromatic heterocycles. The Bertz CT molecular complexity index is 55.5. The van der Waals surface area contributed by atoms with Crippen molar-refractivity contribution in [2.24, 2.45) is 0 Å². The highest BCUT2D eigenvalue weighted by Gasteiger charge is 1.86. The summed E-state index contributed by atoms with van der Waals surface area (Å²) in [5.74, 6) is 0. The predicted molar refractivity (Wildman–Crippen MR) is 20.9 cm³/mol. The molecule has 4 heteroatoms. The quantitative estimate of drug-likeness (QED) is 0.488. The van der Waals surface area contributed by atoms with Crippen LogP contribution < -0.4 is 0 Å². The van der Waals surface area contributed by atoms with Crippen LogP contribution in [0.15, 0.2) is 0 Å². The molecule has 1 atom stereocenters. The Morgan fingerprint density at radius 2 is 2.50 bits per heavy atom. The molecule has 0 aromatic carbocycles. The van der Waals surface area contributed by atoms with E-state index < -0.39 is 11.5 Å². The number of rotatable bonds is 2. The average molecular weight is 112 g/mol. The van der Waals surface area contributed by atoms with Crippen molar-refractivity contribution < 1.29 is 12.3 Å². The first kappa shape index (κ1) is 6.04. The largest absolute Gasteiger partial charge is 0.344 e. The lowest BCUT2D eigenvalue weighted by Crippen LogP contribution is -1.86. The van der Waals surface area contributed by atoms with E-state index in [2.05, 4.69) is 4.18 Å². The molecule has 38 valence electrons. The lowest BCUT2D eigenvalue weighted by molar-refractivity contribution is 0.350. The fraction of sp³-hybridized carbons (Fsp3) is 1.00. The molecule has 0 aromatic rings. The Morgan fingerprint density at radius 3 is 2.50 bits per heavy atom. The molecule has 2 nitrogen and oxygen atoms in total. The molecule has 0 N–H and O–H groups in total. The van der Waals surface area contributed by atoms with Gasteiger partial charge in [-0.1, -0.05) is 0 Å². The molecule has 0 amide bonds. The molecule has 1 unspecified atom stereocenters. The number of halogens is 1. The maximum absolute atomic E-state index is 11.0. The third-order valence-electron chi connectivity index (χ3n) is 0.211. The Morgan fingerprint density at radius 1 is 2.00 bits per heavy atom. The summed E-state index contributed by atoms with van der Waals surface area (Å²) in [5, 5.41) is 0. The summed E-state index contributed by atoms with van der Waals surface area (Å²) in [6.45, 7) is 1.72. The van der Waals surface area contributed by atoms with E-state index in [-0.39, 0.29) is 6.61 Å². The first-order chi connectivity index (χ1) is 2.77. The smallest absolute Gasteiger partial charge is 0.265 e. The van der Waals surface area contributed by atoms with E-state index in [9.17, 15) is 8.09 Å². The van der Waals surface area contributed by atoms with Gasteiger partial charge in [-0.2, -0.15) is 4.21 Å². The fourth-order valence-electron chi connectivity index (χ4n) is 0.0927. The minimum absolute atomic E-state index is 0.156. The molecule has 0 radical (unpaired) electrons. The molecule has 0 aliphatic carbocycles. The molecule has 6 heavy (non-hydrogen) atoms. The standard InChI is InChI=1S/C2H5FO2S/c1-2-5-6(3)4/h2H2,1H3. The van der Waals surface area contributed by atoms with E-state index in [4.69, 9.17) is 0 Å². The summed E-state index contributed by atoms with van der Waals surface area (Å²) in [6.07, 6.45) is 0. The van der Waals surface area contributed by atoms with Crippen LogP contribution in [0.25, 0.3) is 0 Å². The highest BCUT2D eigenvalue weighted by molar-refractivity contribution is 7.74. The summed E-state index contributed by atoms with van der Waals surface area (Å²) in [4.78, 5) is 0. The number of hydrogen-bond acceptors (Lipinski definition) is 2. The van der Waals surface area contributed by atoms with E-state index in [1.165, 1.54) is 0 Å². The second-order valence-corrected chi connectivity index (χ2v) is 1.22. The van der Waals surface area contributed by atoms with Gasteiger partial charge in [0.2, 0.25) is 0 Å². The van der Waals surface area contributed by atoms with Gasteiger partial charge in [0.25, 0.3) is 0 Å². The SMILES string of the molecule is CCOS(=O)F. The van der Waals surface area contributed by atoms with Crippen molar-refractivity contribution in [3.8, 4) is 0 Å². The Balaban J connectivity index is 2.83. The summed E-state index contributed by atoms with van der Waals surface area (Å²) in [5.41, 5.74) is 0. The van der Waals surface area contributed by atoms with Gasteiger partial charge in [0.15, 0.2) is 0 Å². The van der Waals surface area contributed by atoms with Gasteiger partial charge in [-0.05, 0) is 6.92 Å². The minimum Gasteiger partial charge on any atom is -0.265 e. The Hall–Kier alpha value is 0.0400. The Labute approximate surface area is 38.3 Å². The molecular weight excluding hydrogens is 107 g/mol. The zero-order valence-electron chi connectivity index (χ0n) is 3.31. The number of hydrogen-bond donors (Lipinski definition) is 0. The fourth-order valence-corrected chi connectivity index (χ4v) is 0.278. The zero-order valence-corrected chi connectivity index (χ0v) is 4.13. The van der Waals surface area contributed by atoms with E-state index in [1.807, 2.05) is 0 Å². The molecule has 0 fully saturated rings. The minimum atomic E-state index is -2.57. The van der Waals surface area contributed by atoms with Crippen molar-refractivity contribution in [1.29, 1.82) is 0 Å². The summed E-state index contributed by atoms with van der Waals surface area (Å²) in [7, 11) is 0. The highest BCUT2D eigenvalue weighted by atomic mass is 32.2. The maximum Gasteiger partial charge on any atom is 0.344 e. The zero-order chi connectivity index (χ0) is 4.99. The van der Waals surface area contributed by atoms with Crippen LogP contribution in [0.5, 0.6) is 0 Å². The van der Waals surface area contributed by atoms with Gasteiger partial charge >= 0.3 is 11.5 Å². The molecule has 0 saturated carbocycles. The second-order valence-electron chi connectivity index (χ2n) is 0.601. The van der Waals surface area contributed by atoms with E-state index in [1.54, 1.807) is 6.92 Å². The molecule has 0 spiro atoms. The molecule has 0 aliphatic heterocycles. The highest BCUT2D eigenvalue weighted by Crippen LogP contribution is 1.81. The second kappa shape index (κ2) is 3.24. The van der Waals surface area contributed by atoms with Gasteiger partial charge in [0.1, 0.15) is 0 Å². The average Bonchev–Trinajstić information content (AvgIpc) is 1.35. The first-order valence-electron chi connectivity index (χ1n) is 1.48. The van der Waals surface area contributed by atoms with E-state index in [0.717, 1.165) is 0 Å².